The Balaban J connectivity index is 3.45. The second-order valence-electron chi connectivity index (χ2n) is 2.97. The van der Waals surface area contributed by atoms with Gasteiger partial charge in [0, 0.05) is 16.1 Å². The van der Waals surface area contributed by atoms with E-state index in [2.05, 4.69) is 0 Å². The van der Waals surface area contributed by atoms with Crippen molar-refractivity contribution in [2.45, 2.75) is 9.79 Å². The molecule has 2 N–H and O–H groups in total. The first-order valence-corrected chi connectivity index (χ1v) is 8.78. The van der Waals surface area contributed by atoms with Crippen molar-refractivity contribution in [3.8, 4) is 0 Å². The quantitative estimate of drug-likeness (QED) is 0.637. The number of hydrogen-bond acceptors (Lipinski definition) is 4. The molecular formula is C8H7ClO6S3. The molecule has 0 radical (unpaired) electrons. The van der Waals surface area contributed by atoms with Crippen molar-refractivity contribution in [1.82, 2.24) is 0 Å². The first kappa shape index (κ1) is 15.5. The summed E-state index contributed by atoms with van der Waals surface area (Å²) in [6, 6.07) is 3.26. The number of rotatable bonds is 4. The van der Waals surface area contributed by atoms with Crippen molar-refractivity contribution < 1.29 is 25.9 Å². The maximum atomic E-state index is 11.2. The lowest BCUT2D eigenvalue weighted by Crippen LogP contribution is -1.97. The van der Waals surface area contributed by atoms with E-state index in [9.17, 15) is 16.8 Å². The van der Waals surface area contributed by atoms with Gasteiger partial charge in [-0.2, -0.15) is 0 Å². The summed E-state index contributed by atoms with van der Waals surface area (Å²) in [5, 5.41) is 0.810. The Bertz CT molecular complexity index is 636. The molecule has 0 saturated carbocycles. The topological polar surface area (TPSA) is 109 Å². The molecule has 0 amide bonds. The smallest absolute Gasteiger partial charge is 0.261 e. The molecule has 0 fully saturated rings. The predicted octanol–water partition coefficient (Wildman–Crippen LogP) is 1.39. The van der Waals surface area contributed by atoms with E-state index < -0.39 is 31.2 Å². The van der Waals surface area contributed by atoms with Crippen LogP contribution in [0.3, 0.4) is 0 Å². The molecule has 2 unspecified atom stereocenters. The fraction of sp³-hybridized carbons (Fsp3) is 0. The Kier molecular flexibility index (Phi) is 5.20. The fourth-order valence-corrected chi connectivity index (χ4v) is 2.85. The van der Waals surface area contributed by atoms with Gasteiger partial charge in [0.15, 0.2) is 22.2 Å². The number of hydrogen-bond donors (Lipinski definition) is 2. The molecule has 0 aliphatic carbocycles. The molecule has 0 saturated heterocycles. The minimum absolute atomic E-state index is 0.0488. The lowest BCUT2D eigenvalue weighted by atomic mass is 10.2. The normalized spacial score (nSPS) is 15.7. The van der Waals surface area contributed by atoms with E-state index in [4.69, 9.17) is 19.8 Å². The highest BCUT2D eigenvalue weighted by atomic mass is 35.7. The molecule has 18 heavy (non-hydrogen) atoms. The first-order chi connectivity index (χ1) is 8.21. The highest BCUT2D eigenvalue weighted by molar-refractivity contribution is 8.13. The molecule has 2 atom stereocenters. The van der Waals surface area contributed by atoms with Gasteiger partial charge in [0.2, 0.25) is 0 Å². The Labute approximate surface area is 113 Å². The Morgan fingerprint density at radius 2 is 1.83 bits per heavy atom. The molecule has 1 aromatic rings. The zero-order valence-corrected chi connectivity index (χ0v) is 11.7. The van der Waals surface area contributed by atoms with Gasteiger partial charge in [-0.05, 0) is 29.8 Å². The van der Waals surface area contributed by atoms with Crippen molar-refractivity contribution in [2.24, 2.45) is 0 Å². The third-order valence-corrected chi connectivity index (χ3v) is 4.23. The first-order valence-electron chi connectivity index (χ1n) is 4.19. The van der Waals surface area contributed by atoms with Gasteiger partial charge < -0.3 is 9.11 Å². The molecule has 0 aliphatic rings. The number of halogens is 1. The Hall–Kier alpha value is -0.580. The van der Waals surface area contributed by atoms with Crippen molar-refractivity contribution in [2.75, 3.05) is 0 Å². The van der Waals surface area contributed by atoms with Crippen LogP contribution in [-0.4, -0.2) is 25.9 Å². The molecule has 0 bridgehead atoms. The van der Waals surface area contributed by atoms with Gasteiger partial charge >= 0.3 is 0 Å². The standard InChI is InChI=1S/C8H7ClO6S3/c9-18(14,15)8-2-1-7(17(12)13)5-6(8)3-4-16(10)11/h1-5H,(H,10,11)(H,12,13). The van der Waals surface area contributed by atoms with Gasteiger partial charge in [-0.1, -0.05) is 0 Å². The van der Waals surface area contributed by atoms with Crippen molar-refractivity contribution in [3.63, 3.8) is 0 Å². The van der Waals surface area contributed by atoms with Crippen LogP contribution in [0, 0.1) is 0 Å². The van der Waals surface area contributed by atoms with Crippen LogP contribution < -0.4 is 0 Å². The van der Waals surface area contributed by atoms with E-state index in [0.29, 0.717) is 0 Å². The van der Waals surface area contributed by atoms with Crippen molar-refractivity contribution in [1.29, 1.82) is 0 Å². The van der Waals surface area contributed by atoms with Crippen molar-refractivity contribution >= 4 is 48.0 Å². The van der Waals surface area contributed by atoms with E-state index in [-0.39, 0.29) is 15.4 Å². The summed E-state index contributed by atoms with van der Waals surface area (Å²) in [7, 11) is 1.11. The van der Waals surface area contributed by atoms with Gasteiger partial charge in [-0.15, -0.1) is 0 Å². The minimum atomic E-state index is -4.06. The van der Waals surface area contributed by atoms with Crippen LogP contribution in [0.4, 0.5) is 0 Å². The zero-order valence-electron chi connectivity index (χ0n) is 8.52. The van der Waals surface area contributed by atoms with Gasteiger partial charge in [0.25, 0.3) is 9.05 Å². The Morgan fingerprint density at radius 3 is 2.28 bits per heavy atom. The molecule has 0 aliphatic heterocycles. The molecule has 100 valence electrons. The van der Waals surface area contributed by atoms with Gasteiger partial charge in [0.1, 0.15) is 0 Å². The van der Waals surface area contributed by atoms with E-state index in [0.717, 1.165) is 29.7 Å². The molecule has 0 spiro atoms. The third kappa shape index (κ3) is 4.26. The van der Waals surface area contributed by atoms with Crippen LogP contribution >= 0.6 is 10.7 Å². The zero-order chi connectivity index (χ0) is 13.9. The monoisotopic (exact) mass is 330 g/mol. The van der Waals surface area contributed by atoms with Crippen LogP contribution in [0.15, 0.2) is 33.4 Å². The van der Waals surface area contributed by atoms with Crippen LogP contribution in [0.25, 0.3) is 6.08 Å². The molecule has 0 aromatic heterocycles. The van der Waals surface area contributed by atoms with Crippen LogP contribution in [-0.2, 0) is 31.2 Å². The highest BCUT2D eigenvalue weighted by Gasteiger charge is 2.16. The van der Waals surface area contributed by atoms with Crippen LogP contribution in [0.2, 0.25) is 0 Å². The summed E-state index contributed by atoms with van der Waals surface area (Å²) in [6.07, 6.45) is 1.03. The lowest BCUT2D eigenvalue weighted by molar-refractivity contribution is 0.564. The SMILES string of the molecule is O=S(O)C=Cc1cc(S(=O)O)ccc1S(=O)(=O)Cl. The highest BCUT2D eigenvalue weighted by Crippen LogP contribution is 2.23. The second-order valence-corrected chi connectivity index (χ2v) is 7.29. The van der Waals surface area contributed by atoms with Gasteiger partial charge in [0.05, 0.1) is 9.79 Å². The summed E-state index contributed by atoms with van der Waals surface area (Å²) in [5.74, 6) is 0. The second kappa shape index (κ2) is 6.04. The van der Waals surface area contributed by atoms with Gasteiger partial charge in [-0.3, -0.25) is 0 Å². The summed E-state index contributed by atoms with van der Waals surface area (Å²) < 4.78 is 61.3. The predicted molar refractivity (Wildman–Crippen MR) is 68.3 cm³/mol. The summed E-state index contributed by atoms with van der Waals surface area (Å²) in [5.41, 5.74) is -0.0488. The fourth-order valence-electron chi connectivity index (χ4n) is 1.12. The molecule has 1 rings (SSSR count). The molecule has 0 heterocycles. The van der Waals surface area contributed by atoms with Gasteiger partial charge in [-0.25, -0.2) is 16.8 Å². The lowest BCUT2D eigenvalue weighted by Gasteiger charge is -2.04. The summed E-state index contributed by atoms with van der Waals surface area (Å²) >= 11 is -4.57. The van der Waals surface area contributed by atoms with E-state index in [1.54, 1.807) is 0 Å². The Morgan fingerprint density at radius 1 is 1.22 bits per heavy atom. The summed E-state index contributed by atoms with van der Waals surface area (Å²) in [4.78, 5) is -0.373. The maximum Gasteiger partial charge on any atom is 0.261 e. The minimum Gasteiger partial charge on any atom is -0.303 e. The molecule has 10 heteroatoms. The van der Waals surface area contributed by atoms with Crippen LogP contribution in [0.5, 0.6) is 0 Å². The van der Waals surface area contributed by atoms with E-state index in [1.807, 2.05) is 0 Å². The average Bonchev–Trinajstić information content (AvgIpc) is 2.24. The maximum absolute atomic E-state index is 11.2. The summed E-state index contributed by atoms with van der Waals surface area (Å²) in [6.45, 7) is 0. The molecule has 1 aromatic carbocycles. The van der Waals surface area contributed by atoms with E-state index >= 15 is 0 Å². The van der Waals surface area contributed by atoms with Crippen molar-refractivity contribution in [3.05, 3.63) is 29.2 Å². The molecular weight excluding hydrogens is 324 g/mol. The average molecular weight is 331 g/mol. The largest absolute Gasteiger partial charge is 0.303 e. The van der Waals surface area contributed by atoms with E-state index in [1.165, 1.54) is 0 Å². The third-order valence-electron chi connectivity index (χ3n) is 1.81. The number of benzene rings is 1. The van der Waals surface area contributed by atoms with Crippen LogP contribution in [0.1, 0.15) is 5.56 Å². The molecule has 6 nitrogen and oxygen atoms in total.